The molecule has 0 spiro atoms. The Morgan fingerprint density at radius 3 is 2.40 bits per heavy atom. The van der Waals surface area contributed by atoms with Crippen LogP contribution in [0.1, 0.15) is 40.5 Å². The predicted octanol–water partition coefficient (Wildman–Crippen LogP) is 2.65. The highest BCUT2D eigenvalue weighted by atomic mass is 16.6. The molecule has 0 bridgehead atoms. The lowest BCUT2D eigenvalue weighted by molar-refractivity contribution is -0.132. The molecule has 1 unspecified atom stereocenters. The summed E-state index contributed by atoms with van der Waals surface area (Å²) in [6.07, 6.45) is 3.10. The Balaban J connectivity index is 3.93. The fourth-order valence-electron chi connectivity index (χ4n) is 1.46. The fraction of sp³-hybridized carbons (Fsp3) is 0.800. The summed E-state index contributed by atoms with van der Waals surface area (Å²) in [6, 6.07) is 0. The normalized spacial score (nSPS) is 15.1. The maximum absolute atomic E-state index is 10.6. The van der Waals surface area contributed by atoms with Crippen LogP contribution in [0.25, 0.3) is 0 Å². The molecule has 5 nitrogen and oxygen atoms in total. The van der Waals surface area contributed by atoms with E-state index in [9.17, 15) is 4.79 Å². The van der Waals surface area contributed by atoms with Gasteiger partial charge in [0.05, 0.1) is 32.0 Å². The summed E-state index contributed by atoms with van der Waals surface area (Å²) < 4.78 is 16.6. The summed E-state index contributed by atoms with van der Waals surface area (Å²) >= 11 is 0. The first-order chi connectivity index (χ1) is 9.45. The molecule has 0 aliphatic heterocycles. The highest BCUT2D eigenvalue weighted by Crippen LogP contribution is 2.16. The first-order valence-corrected chi connectivity index (χ1v) is 7.14. The molecule has 0 saturated carbocycles. The predicted molar refractivity (Wildman–Crippen MR) is 78.0 cm³/mol. The van der Waals surface area contributed by atoms with Crippen LogP contribution in [0.2, 0.25) is 0 Å². The molecule has 0 saturated heterocycles. The van der Waals surface area contributed by atoms with Crippen LogP contribution in [-0.4, -0.2) is 49.7 Å². The molecule has 0 amide bonds. The van der Waals surface area contributed by atoms with E-state index in [0.717, 1.165) is 6.42 Å². The number of hydrogen-bond acceptors (Lipinski definition) is 4. The van der Waals surface area contributed by atoms with Crippen molar-refractivity contribution < 1.29 is 24.1 Å². The topological polar surface area (TPSA) is 65.0 Å². The van der Waals surface area contributed by atoms with E-state index in [4.69, 9.17) is 19.3 Å². The van der Waals surface area contributed by atoms with Crippen LogP contribution >= 0.6 is 0 Å². The Hall–Kier alpha value is -0.910. The number of carbonyl (C=O) groups is 1. The van der Waals surface area contributed by atoms with Crippen LogP contribution in [0.5, 0.6) is 0 Å². The molecular formula is C15H28O5. The maximum Gasteiger partial charge on any atom is 0.330 e. The van der Waals surface area contributed by atoms with Gasteiger partial charge in [0.2, 0.25) is 0 Å². The van der Waals surface area contributed by atoms with E-state index in [2.05, 4.69) is 0 Å². The number of aliphatic carboxylic acids is 1. The maximum atomic E-state index is 10.6. The first kappa shape index (κ1) is 19.1. The minimum Gasteiger partial charge on any atom is -0.478 e. The van der Waals surface area contributed by atoms with Crippen LogP contribution < -0.4 is 0 Å². The van der Waals surface area contributed by atoms with Gasteiger partial charge in [-0.05, 0) is 33.6 Å². The van der Waals surface area contributed by atoms with Gasteiger partial charge in [-0.25, -0.2) is 4.79 Å². The van der Waals surface area contributed by atoms with Gasteiger partial charge in [-0.2, -0.15) is 0 Å². The highest BCUT2D eigenvalue weighted by Gasteiger charge is 2.22. The van der Waals surface area contributed by atoms with Crippen molar-refractivity contribution in [3.8, 4) is 0 Å². The van der Waals surface area contributed by atoms with Crippen molar-refractivity contribution in [1.29, 1.82) is 0 Å². The fourth-order valence-corrected chi connectivity index (χ4v) is 1.46. The molecule has 0 rings (SSSR count). The number of hydrogen-bond donors (Lipinski definition) is 1. The summed E-state index contributed by atoms with van der Waals surface area (Å²) in [6.45, 7) is 10.4. The summed E-state index contributed by atoms with van der Waals surface area (Å²) in [7, 11) is 0. The van der Waals surface area contributed by atoms with E-state index in [1.807, 2.05) is 20.8 Å². The molecular weight excluding hydrogens is 260 g/mol. The summed E-state index contributed by atoms with van der Waals surface area (Å²) in [5.74, 6) is -0.887. The van der Waals surface area contributed by atoms with E-state index >= 15 is 0 Å². The van der Waals surface area contributed by atoms with Crippen LogP contribution in [0, 0.1) is 0 Å². The lowest BCUT2D eigenvalue weighted by atomic mass is 10.1. The van der Waals surface area contributed by atoms with E-state index in [1.54, 1.807) is 13.0 Å². The second-order valence-corrected chi connectivity index (χ2v) is 4.88. The molecule has 0 aromatic rings. The van der Waals surface area contributed by atoms with Crippen molar-refractivity contribution in [2.45, 2.75) is 46.1 Å². The second-order valence-electron chi connectivity index (χ2n) is 4.88. The monoisotopic (exact) mass is 288 g/mol. The molecule has 0 radical (unpaired) electrons. The SMILES string of the molecule is CCOCCOCC(C)(CC)OCCC=C(C)C(=O)O. The smallest absolute Gasteiger partial charge is 0.330 e. The lowest BCUT2D eigenvalue weighted by Gasteiger charge is -2.28. The van der Waals surface area contributed by atoms with Crippen molar-refractivity contribution in [3.63, 3.8) is 0 Å². The van der Waals surface area contributed by atoms with E-state index in [-0.39, 0.29) is 5.60 Å². The molecule has 0 aliphatic carbocycles. The number of carboxylic acids is 1. The van der Waals surface area contributed by atoms with Crippen LogP contribution in [0.4, 0.5) is 0 Å². The number of carboxylic acid groups (broad SMARTS) is 1. The molecule has 118 valence electrons. The zero-order valence-electron chi connectivity index (χ0n) is 13.1. The van der Waals surface area contributed by atoms with Gasteiger partial charge >= 0.3 is 5.97 Å². The average Bonchev–Trinajstić information content (AvgIpc) is 2.43. The minimum atomic E-state index is -0.887. The third-order valence-electron chi connectivity index (χ3n) is 3.09. The lowest BCUT2D eigenvalue weighted by Crippen LogP contribution is -2.34. The zero-order valence-corrected chi connectivity index (χ0v) is 13.1. The van der Waals surface area contributed by atoms with Gasteiger partial charge in [0.15, 0.2) is 0 Å². The van der Waals surface area contributed by atoms with Gasteiger partial charge < -0.3 is 19.3 Å². The molecule has 0 aliphatic rings. The largest absolute Gasteiger partial charge is 0.478 e. The quantitative estimate of drug-likeness (QED) is 0.442. The summed E-state index contributed by atoms with van der Waals surface area (Å²) in [5.41, 5.74) is 0.0109. The number of rotatable bonds is 12. The Morgan fingerprint density at radius 2 is 1.85 bits per heavy atom. The zero-order chi connectivity index (χ0) is 15.4. The molecule has 20 heavy (non-hydrogen) atoms. The van der Waals surface area contributed by atoms with Crippen LogP contribution in [-0.2, 0) is 19.0 Å². The van der Waals surface area contributed by atoms with Crippen molar-refractivity contribution in [2.75, 3.05) is 33.0 Å². The Labute approximate surface area is 121 Å². The van der Waals surface area contributed by atoms with E-state index in [1.165, 1.54) is 0 Å². The van der Waals surface area contributed by atoms with Crippen LogP contribution in [0.3, 0.4) is 0 Å². The third kappa shape index (κ3) is 9.07. The minimum absolute atomic E-state index is 0.336. The van der Waals surface area contributed by atoms with Crippen molar-refractivity contribution in [1.82, 2.24) is 0 Å². The van der Waals surface area contributed by atoms with Gasteiger partial charge in [0, 0.05) is 12.2 Å². The summed E-state index contributed by atoms with van der Waals surface area (Å²) in [5, 5.41) is 8.73. The van der Waals surface area contributed by atoms with Gasteiger partial charge in [-0.3, -0.25) is 0 Å². The molecule has 0 aromatic carbocycles. The van der Waals surface area contributed by atoms with Gasteiger partial charge in [-0.15, -0.1) is 0 Å². The van der Waals surface area contributed by atoms with E-state index < -0.39 is 5.97 Å². The third-order valence-corrected chi connectivity index (χ3v) is 3.09. The van der Waals surface area contributed by atoms with Gasteiger partial charge in [-0.1, -0.05) is 13.0 Å². The number of ether oxygens (including phenoxy) is 3. The van der Waals surface area contributed by atoms with Crippen molar-refractivity contribution >= 4 is 5.97 Å². The van der Waals surface area contributed by atoms with Crippen LogP contribution in [0.15, 0.2) is 11.6 Å². The average molecular weight is 288 g/mol. The van der Waals surface area contributed by atoms with Crippen molar-refractivity contribution in [2.24, 2.45) is 0 Å². The van der Waals surface area contributed by atoms with Crippen molar-refractivity contribution in [3.05, 3.63) is 11.6 Å². The molecule has 0 heterocycles. The van der Waals surface area contributed by atoms with Gasteiger partial charge in [0.25, 0.3) is 0 Å². The van der Waals surface area contributed by atoms with E-state index in [0.29, 0.717) is 45.0 Å². The Bertz CT molecular complexity index is 301. The summed E-state index contributed by atoms with van der Waals surface area (Å²) in [4.78, 5) is 10.6. The standard InChI is InChI=1S/C15H28O5/c1-5-15(4,12-19-11-10-18-6-2)20-9-7-8-13(3)14(16)17/h8H,5-7,9-12H2,1-4H3,(H,16,17). The second kappa shape index (κ2) is 10.8. The Kier molecular flexibility index (Phi) is 10.3. The molecule has 0 fully saturated rings. The molecule has 5 heteroatoms. The first-order valence-electron chi connectivity index (χ1n) is 7.14. The highest BCUT2D eigenvalue weighted by molar-refractivity contribution is 5.85. The Morgan fingerprint density at radius 1 is 1.20 bits per heavy atom. The molecule has 1 atom stereocenters. The molecule has 0 aromatic heterocycles. The van der Waals surface area contributed by atoms with Gasteiger partial charge in [0.1, 0.15) is 0 Å². The molecule has 1 N–H and O–H groups in total.